The summed E-state index contributed by atoms with van der Waals surface area (Å²) in [5.74, 6) is 0. The predicted octanol–water partition coefficient (Wildman–Crippen LogP) is 1.29. The van der Waals surface area contributed by atoms with Crippen LogP contribution in [0.4, 0.5) is 4.79 Å². The molecule has 0 saturated carbocycles. The third-order valence-electron chi connectivity index (χ3n) is 4.18. The summed E-state index contributed by atoms with van der Waals surface area (Å²) in [7, 11) is 3.80. The molecule has 7 heteroatoms. The quantitative estimate of drug-likeness (QED) is 0.714. The van der Waals surface area contributed by atoms with Gasteiger partial charge in [0.1, 0.15) is 5.60 Å². The van der Waals surface area contributed by atoms with Crippen LogP contribution in [0.1, 0.15) is 31.5 Å². The minimum Gasteiger partial charge on any atom is -0.383 e. The van der Waals surface area contributed by atoms with Crippen molar-refractivity contribution in [2.75, 3.05) is 6.54 Å². The van der Waals surface area contributed by atoms with Crippen LogP contribution in [0, 0.1) is 0 Å². The van der Waals surface area contributed by atoms with Crippen LogP contribution >= 0.6 is 0 Å². The molecule has 0 fully saturated rings. The van der Waals surface area contributed by atoms with Crippen LogP contribution in [-0.2, 0) is 26.1 Å². The molecule has 0 aromatic carbocycles. The maximum Gasteiger partial charge on any atom is 0.315 e. The van der Waals surface area contributed by atoms with E-state index in [1.807, 2.05) is 26.2 Å². The van der Waals surface area contributed by atoms with Crippen LogP contribution in [0.25, 0.3) is 0 Å². The number of hydrogen-bond donors (Lipinski definition) is 3. The van der Waals surface area contributed by atoms with E-state index in [4.69, 9.17) is 0 Å². The second-order valence-corrected chi connectivity index (χ2v) is 6.55. The highest BCUT2D eigenvalue weighted by molar-refractivity contribution is 5.74. The van der Waals surface area contributed by atoms with E-state index in [2.05, 4.69) is 26.4 Å². The summed E-state index contributed by atoms with van der Waals surface area (Å²) in [4.78, 5) is 12.0. The molecule has 2 aromatic rings. The Kier molecular flexibility index (Phi) is 5.66. The Morgan fingerprint density at radius 1 is 1.46 bits per heavy atom. The Hall–Kier alpha value is -2.28. The first-order valence-electron chi connectivity index (χ1n) is 8.14. The molecule has 0 saturated heterocycles. The fourth-order valence-electron chi connectivity index (χ4n) is 2.52. The van der Waals surface area contributed by atoms with Crippen molar-refractivity contribution in [2.45, 2.75) is 38.3 Å². The molecule has 3 N–H and O–H groups in total. The van der Waals surface area contributed by atoms with E-state index in [1.54, 1.807) is 31.0 Å². The van der Waals surface area contributed by atoms with E-state index < -0.39 is 5.60 Å². The average Bonchev–Trinajstić information content (AvgIpc) is 3.12. The van der Waals surface area contributed by atoms with Crippen molar-refractivity contribution in [3.63, 3.8) is 0 Å². The van der Waals surface area contributed by atoms with Gasteiger partial charge in [0.15, 0.2) is 0 Å². The van der Waals surface area contributed by atoms with Gasteiger partial charge in [-0.25, -0.2) is 4.79 Å². The number of aryl methyl sites for hydroxylation is 3. The Balaban J connectivity index is 1.75. The molecule has 2 heterocycles. The Morgan fingerprint density at radius 3 is 2.79 bits per heavy atom. The Labute approximate surface area is 142 Å². The molecule has 2 atom stereocenters. The number of nitrogens with zero attached hydrogens (tertiary/aromatic N) is 3. The van der Waals surface area contributed by atoms with E-state index in [0.717, 1.165) is 12.8 Å². The highest BCUT2D eigenvalue weighted by atomic mass is 16.3. The van der Waals surface area contributed by atoms with Crippen molar-refractivity contribution in [3.8, 4) is 0 Å². The molecule has 0 aliphatic rings. The predicted molar refractivity (Wildman–Crippen MR) is 92.5 cm³/mol. The first-order valence-corrected chi connectivity index (χ1v) is 8.14. The minimum atomic E-state index is -1.15. The van der Waals surface area contributed by atoms with Gasteiger partial charge in [0, 0.05) is 43.8 Å². The lowest BCUT2D eigenvalue weighted by molar-refractivity contribution is 0.0592. The molecule has 0 aliphatic carbocycles. The molecular formula is C17H27N5O2. The normalized spacial score (nSPS) is 14.9. The zero-order valence-electron chi connectivity index (χ0n) is 14.8. The average molecular weight is 333 g/mol. The van der Waals surface area contributed by atoms with Crippen molar-refractivity contribution in [1.29, 1.82) is 0 Å². The Bertz CT molecular complexity index is 674. The van der Waals surface area contributed by atoms with E-state index in [0.29, 0.717) is 5.56 Å². The summed E-state index contributed by atoms with van der Waals surface area (Å²) in [6.45, 7) is 3.75. The Morgan fingerprint density at radius 2 is 2.21 bits per heavy atom. The van der Waals surface area contributed by atoms with Gasteiger partial charge in [0.05, 0.1) is 12.7 Å². The SMILES string of the molecule is CC(CCc1cccn1C)NC(=O)NCC(C)(O)c1cnn(C)c1. The van der Waals surface area contributed by atoms with E-state index in [1.165, 1.54) is 5.69 Å². The van der Waals surface area contributed by atoms with Gasteiger partial charge in [-0.2, -0.15) is 5.10 Å². The third-order valence-corrected chi connectivity index (χ3v) is 4.18. The van der Waals surface area contributed by atoms with Crippen molar-refractivity contribution < 1.29 is 9.90 Å². The first-order chi connectivity index (χ1) is 11.3. The third kappa shape index (κ3) is 4.86. The second kappa shape index (κ2) is 7.53. The number of amides is 2. The summed E-state index contributed by atoms with van der Waals surface area (Å²) in [6, 6.07) is 3.86. The van der Waals surface area contributed by atoms with Gasteiger partial charge in [-0.05, 0) is 38.8 Å². The molecule has 0 spiro atoms. The number of nitrogens with one attached hydrogen (secondary N) is 2. The molecule has 7 nitrogen and oxygen atoms in total. The van der Waals surface area contributed by atoms with Gasteiger partial charge in [-0.3, -0.25) is 4.68 Å². The van der Waals surface area contributed by atoms with Crippen LogP contribution in [0.5, 0.6) is 0 Å². The molecule has 2 rings (SSSR count). The van der Waals surface area contributed by atoms with Crippen LogP contribution in [0.15, 0.2) is 30.7 Å². The largest absolute Gasteiger partial charge is 0.383 e. The number of urea groups is 1. The van der Waals surface area contributed by atoms with Crippen LogP contribution in [0.2, 0.25) is 0 Å². The van der Waals surface area contributed by atoms with Crippen molar-refractivity contribution in [2.24, 2.45) is 14.1 Å². The lowest BCUT2D eigenvalue weighted by Crippen LogP contribution is -2.46. The summed E-state index contributed by atoms with van der Waals surface area (Å²) >= 11 is 0. The summed E-state index contributed by atoms with van der Waals surface area (Å²) in [5.41, 5.74) is 0.753. The second-order valence-electron chi connectivity index (χ2n) is 6.55. The number of carbonyl (C=O) groups excluding carboxylic acids is 1. The smallest absolute Gasteiger partial charge is 0.315 e. The minimum absolute atomic E-state index is 0.0447. The van der Waals surface area contributed by atoms with Crippen molar-refractivity contribution >= 4 is 6.03 Å². The zero-order chi connectivity index (χ0) is 17.7. The topological polar surface area (TPSA) is 84.1 Å². The fourth-order valence-corrected chi connectivity index (χ4v) is 2.52. The molecule has 0 radical (unpaired) electrons. The number of hydrogen-bond acceptors (Lipinski definition) is 3. The summed E-state index contributed by atoms with van der Waals surface area (Å²) in [5, 5.41) is 20.1. The fraction of sp³-hybridized carbons (Fsp3) is 0.529. The van der Waals surface area contributed by atoms with Gasteiger partial charge in [0.2, 0.25) is 0 Å². The van der Waals surface area contributed by atoms with Gasteiger partial charge in [-0.15, -0.1) is 0 Å². The van der Waals surface area contributed by atoms with Crippen LogP contribution in [-0.4, -0.2) is 38.1 Å². The van der Waals surface area contributed by atoms with Gasteiger partial charge in [0.25, 0.3) is 0 Å². The van der Waals surface area contributed by atoms with E-state index in [9.17, 15) is 9.90 Å². The molecule has 2 aromatic heterocycles. The molecule has 2 amide bonds. The maximum absolute atomic E-state index is 12.0. The van der Waals surface area contributed by atoms with Gasteiger partial charge < -0.3 is 20.3 Å². The molecule has 2 unspecified atom stereocenters. The number of aromatic nitrogens is 3. The molecule has 0 bridgehead atoms. The molecule has 0 aliphatic heterocycles. The summed E-state index contributed by atoms with van der Waals surface area (Å²) < 4.78 is 3.70. The molecule has 132 valence electrons. The first kappa shape index (κ1) is 18.1. The highest BCUT2D eigenvalue weighted by Crippen LogP contribution is 2.18. The van der Waals surface area contributed by atoms with Gasteiger partial charge >= 0.3 is 6.03 Å². The van der Waals surface area contributed by atoms with Gasteiger partial charge in [-0.1, -0.05) is 0 Å². The van der Waals surface area contributed by atoms with E-state index >= 15 is 0 Å². The monoisotopic (exact) mass is 333 g/mol. The van der Waals surface area contributed by atoms with Crippen molar-refractivity contribution in [3.05, 3.63) is 42.0 Å². The van der Waals surface area contributed by atoms with Crippen molar-refractivity contribution in [1.82, 2.24) is 25.0 Å². The van der Waals surface area contributed by atoms with E-state index in [-0.39, 0.29) is 18.6 Å². The molecular weight excluding hydrogens is 306 g/mol. The number of rotatable bonds is 7. The number of carbonyl (C=O) groups is 1. The summed E-state index contributed by atoms with van der Waals surface area (Å²) in [6.07, 6.45) is 7.10. The lowest BCUT2D eigenvalue weighted by atomic mass is 10.00. The van der Waals surface area contributed by atoms with Crippen LogP contribution in [0.3, 0.4) is 0 Å². The highest BCUT2D eigenvalue weighted by Gasteiger charge is 2.25. The van der Waals surface area contributed by atoms with Crippen LogP contribution < -0.4 is 10.6 Å². The zero-order valence-corrected chi connectivity index (χ0v) is 14.8. The lowest BCUT2D eigenvalue weighted by Gasteiger charge is -2.23. The standard InChI is InChI=1S/C17H27N5O2/c1-13(7-8-15-6-5-9-21(15)3)20-16(23)18-12-17(2,24)14-10-19-22(4)11-14/h5-6,9-11,13,24H,7-8,12H2,1-4H3,(H2,18,20,23). The maximum atomic E-state index is 12.0. The molecule has 24 heavy (non-hydrogen) atoms. The number of aliphatic hydroxyl groups is 1.